The number of nitrogens with two attached hydrogens (primary N) is 4. The van der Waals surface area contributed by atoms with Crippen LogP contribution in [0.1, 0.15) is 48.2 Å². The summed E-state index contributed by atoms with van der Waals surface area (Å²) in [6.45, 7) is 3.91. The number of nitro groups is 3. The van der Waals surface area contributed by atoms with Crippen LogP contribution in [-0.4, -0.2) is 14.8 Å². The Kier molecular flexibility index (Phi) is 35.3. The fourth-order valence-corrected chi connectivity index (χ4v) is 6.57. The molecule has 418 valence electrons. The van der Waals surface area contributed by atoms with E-state index in [0.29, 0.717) is 26.2 Å². The number of nitro benzene ring substituents is 3. The van der Waals surface area contributed by atoms with Gasteiger partial charge in [0.15, 0.2) is 0 Å². The van der Waals surface area contributed by atoms with Crippen LogP contribution in [0.25, 0.3) is 0 Å². The van der Waals surface area contributed by atoms with Crippen molar-refractivity contribution in [3.8, 4) is 0 Å². The van der Waals surface area contributed by atoms with Gasteiger partial charge in [-0.2, -0.15) is 0 Å². The predicted octanol–water partition coefficient (Wildman–Crippen LogP) is 14.1. The highest BCUT2D eigenvalue weighted by molar-refractivity contribution is 5.86. The quantitative estimate of drug-likeness (QED) is 0.0239. The van der Waals surface area contributed by atoms with E-state index >= 15 is 0 Å². The molecular formula is C56H68Cl4FN11O6. The Labute approximate surface area is 479 Å². The van der Waals surface area contributed by atoms with Gasteiger partial charge in [0.1, 0.15) is 5.82 Å². The lowest BCUT2D eigenvalue weighted by molar-refractivity contribution is -0.385. The minimum absolute atomic E-state index is 0. The fourth-order valence-electron chi connectivity index (χ4n) is 6.57. The molecule has 12 N–H and O–H groups in total. The summed E-state index contributed by atoms with van der Waals surface area (Å²) in [5.41, 5.74) is 34.5. The third-order valence-electron chi connectivity index (χ3n) is 10.4. The van der Waals surface area contributed by atoms with Gasteiger partial charge in [-0.05, 0) is 118 Å². The molecule has 0 aliphatic heterocycles. The summed E-state index contributed by atoms with van der Waals surface area (Å²) < 4.78 is 12.1. The van der Waals surface area contributed by atoms with E-state index in [0.717, 1.165) is 93.7 Å². The van der Waals surface area contributed by atoms with E-state index in [9.17, 15) is 34.7 Å². The molecule has 0 aliphatic rings. The van der Waals surface area contributed by atoms with Gasteiger partial charge in [-0.25, -0.2) is 4.39 Å². The second-order valence-corrected chi connectivity index (χ2v) is 15.9. The second-order valence-electron chi connectivity index (χ2n) is 15.9. The van der Waals surface area contributed by atoms with E-state index in [2.05, 4.69) is 51.6 Å². The summed E-state index contributed by atoms with van der Waals surface area (Å²) in [5.74, 6) is -0.467. The maximum absolute atomic E-state index is 12.1. The van der Waals surface area contributed by atoms with Crippen molar-refractivity contribution in [2.24, 2.45) is 11.5 Å². The first kappa shape index (κ1) is 71.8. The highest BCUT2D eigenvalue weighted by atomic mass is 35.5. The first-order valence-electron chi connectivity index (χ1n) is 22.5. The van der Waals surface area contributed by atoms with Crippen LogP contribution in [0.3, 0.4) is 0 Å². The molecule has 0 fully saturated rings. The molecule has 8 rings (SSSR count). The van der Waals surface area contributed by atoms with E-state index in [1.807, 2.05) is 91.0 Å². The number of halogens is 5. The van der Waals surface area contributed by atoms with Crippen LogP contribution in [0.15, 0.2) is 194 Å². The monoisotopic (exact) mass is 1150 g/mol. The first-order chi connectivity index (χ1) is 34.8. The van der Waals surface area contributed by atoms with Crippen LogP contribution in [-0.2, 0) is 39.3 Å². The Morgan fingerprint density at radius 1 is 0.359 bits per heavy atom. The summed E-state index contributed by atoms with van der Waals surface area (Å²) in [7, 11) is 0. The van der Waals surface area contributed by atoms with Crippen molar-refractivity contribution in [3.05, 3.63) is 264 Å². The highest BCUT2D eigenvalue weighted by Crippen LogP contribution is 2.20. The molecule has 22 heteroatoms. The molecule has 78 heavy (non-hydrogen) atoms. The Morgan fingerprint density at radius 3 is 0.821 bits per heavy atom. The van der Waals surface area contributed by atoms with Gasteiger partial charge < -0.3 is 44.2 Å². The van der Waals surface area contributed by atoms with Crippen molar-refractivity contribution in [1.82, 2.24) is 0 Å². The zero-order valence-corrected chi connectivity index (χ0v) is 44.1. The Hall–Kier alpha value is -8.23. The van der Waals surface area contributed by atoms with Gasteiger partial charge in [0.25, 0.3) is 17.1 Å². The van der Waals surface area contributed by atoms with E-state index in [1.54, 1.807) is 24.3 Å². The highest BCUT2D eigenvalue weighted by Gasteiger charge is 2.07. The molecule has 0 spiro atoms. The van der Waals surface area contributed by atoms with E-state index in [-0.39, 0.29) is 81.5 Å². The van der Waals surface area contributed by atoms with Gasteiger partial charge in [-0.1, -0.05) is 87.6 Å². The summed E-state index contributed by atoms with van der Waals surface area (Å²) >= 11 is 0. The number of hydrogen-bond donors (Lipinski definition) is 8. The largest absolute Gasteiger partial charge is 0.399 e. The van der Waals surface area contributed by atoms with Gasteiger partial charge >= 0.3 is 0 Å². The minimum Gasteiger partial charge on any atom is -0.399 e. The molecule has 0 radical (unpaired) electrons. The molecular weight excluding hydrogens is 1080 g/mol. The molecule has 0 amide bonds. The third-order valence-corrected chi connectivity index (χ3v) is 10.4. The molecule has 0 aromatic heterocycles. The van der Waals surface area contributed by atoms with Crippen molar-refractivity contribution in [3.63, 3.8) is 0 Å². The minimum atomic E-state index is -0.570. The van der Waals surface area contributed by atoms with Gasteiger partial charge in [-0.15, -0.1) is 49.6 Å². The molecule has 0 bridgehead atoms. The number of nitrogens with one attached hydrogen (secondary N) is 4. The molecule has 0 saturated heterocycles. The summed E-state index contributed by atoms with van der Waals surface area (Å²) in [4.78, 5) is 30.0. The van der Waals surface area contributed by atoms with Crippen molar-refractivity contribution in [2.75, 3.05) is 32.7 Å². The zero-order valence-electron chi connectivity index (χ0n) is 40.8. The zero-order chi connectivity index (χ0) is 51.7. The SMILES string of the molecule is C.C.Cl.Cl.Cl.Cl.NCc1cccc(CN)c1.Nc1ccc(NCc2cccc(CNc3ccc(N)cc3)c2)cc1.O=[N+]([O-])c1ccc(F)cc1.O=[N+]([O-])c1ccc(NCc2cccc(CNc3ccc([N+](=O)[O-])cc3)c2)cc1. The lowest BCUT2D eigenvalue weighted by atomic mass is 10.1. The number of nitrogen functional groups attached to an aromatic ring is 2. The van der Waals surface area contributed by atoms with Crippen LogP contribution in [0.2, 0.25) is 0 Å². The number of anilines is 6. The summed E-state index contributed by atoms with van der Waals surface area (Å²) in [5, 5.41) is 44.7. The third kappa shape index (κ3) is 26.0. The summed E-state index contributed by atoms with van der Waals surface area (Å²) in [6.07, 6.45) is 0. The topological polar surface area (TPSA) is 282 Å². The Morgan fingerprint density at radius 2 is 0.577 bits per heavy atom. The predicted molar refractivity (Wildman–Crippen MR) is 328 cm³/mol. The number of hydrogen-bond acceptors (Lipinski definition) is 14. The van der Waals surface area contributed by atoms with Gasteiger partial charge in [0.05, 0.1) is 14.8 Å². The van der Waals surface area contributed by atoms with Crippen molar-refractivity contribution < 1.29 is 19.2 Å². The average molecular weight is 1150 g/mol. The first-order valence-corrected chi connectivity index (χ1v) is 22.5. The van der Waals surface area contributed by atoms with Crippen molar-refractivity contribution in [1.29, 1.82) is 0 Å². The molecule has 0 unspecified atom stereocenters. The fraction of sp³-hybridized carbons (Fsp3) is 0.143. The van der Waals surface area contributed by atoms with Gasteiger partial charge in [-0.3, -0.25) is 30.3 Å². The molecule has 0 heterocycles. The normalized spacial score (nSPS) is 9.32. The Balaban J connectivity index is 0. The maximum Gasteiger partial charge on any atom is 0.269 e. The van der Waals surface area contributed by atoms with Crippen LogP contribution >= 0.6 is 49.6 Å². The van der Waals surface area contributed by atoms with Crippen LogP contribution in [0.5, 0.6) is 0 Å². The maximum atomic E-state index is 12.1. The average Bonchev–Trinajstić information content (AvgIpc) is 3.40. The van der Waals surface area contributed by atoms with E-state index in [4.69, 9.17) is 22.9 Å². The van der Waals surface area contributed by atoms with E-state index in [1.165, 1.54) is 35.4 Å². The lowest BCUT2D eigenvalue weighted by Crippen LogP contribution is -2.03. The number of nitrogens with zero attached hydrogens (tertiary/aromatic N) is 3. The van der Waals surface area contributed by atoms with Gasteiger partial charge in [0.2, 0.25) is 0 Å². The number of rotatable bonds is 17. The Bertz CT molecular complexity index is 2810. The molecule has 0 atom stereocenters. The van der Waals surface area contributed by atoms with Crippen molar-refractivity contribution in [2.45, 2.75) is 54.1 Å². The van der Waals surface area contributed by atoms with Crippen LogP contribution < -0.4 is 44.2 Å². The van der Waals surface area contributed by atoms with E-state index < -0.39 is 20.6 Å². The standard InChI is InChI=1S/C20H18N4O4.C20H22N4.C8H12N2.C6H4FNO2.2CH4.4ClH/c25-23(26)19-8-4-17(5-9-19)21-13-15-2-1-3-16(12-15)14-22-18-6-10-20(11-7-18)24(27)28;21-17-4-8-19(9-5-17)23-13-15-2-1-3-16(12-15)14-24-20-10-6-18(22)7-11-20;9-5-7-2-1-3-8(4-7)6-10;7-5-1-3-6(4-2-5)8(9)10;;;;;;/h1-12,21-22H,13-14H2;1-12,23-24H,13-14,21-22H2;1-4H,5-6,9-10H2;1-4H;2*1H4;4*1H. The molecule has 8 aromatic carbocycles. The molecule has 17 nitrogen and oxygen atoms in total. The molecule has 8 aromatic rings. The smallest absolute Gasteiger partial charge is 0.269 e. The summed E-state index contributed by atoms with van der Waals surface area (Å²) in [6, 6.07) is 57.0. The number of non-ortho nitro benzene ring substituents is 3. The van der Waals surface area contributed by atoms with Crippen molar-refractivity contribution >= 4 is 101 Å². The molecule has 0 saturated carbocycles. The van der Waals surface area contributed by atoms with Crippen LogP contribution in [0.4, 0.5) is 55.6 Å². The second kappa shape index (κ2) is 38.3. The molecule has 0 aliphatic carbocycles. The number of benzene rings is 8. The van der Waals surface area contributed by atoms with Crippen LogP contribution in [0, 0.1) is 36.2 Å². The lowest BCUT2D eigenvalue weighted by Gasteiger charge is -2.10. The van der Waals surface area contributed by atoms with Gasteiger partial charge in [0, 0.05) is 110 Å².